The first-order valence-corrected chi connectivity index (χ1v) is 34.3. The molecule has 3 aromatic rings. The van der Waals surface area contributed by atoms with Crippen LogP contribution in [0, 0.1) is 22.7 Å². The van der Waals surface area contributed by atoms with Crippen molar-refractivity contribution in [1.29, 1.82) is 0 Å². The second-order valence-corrected chi connectivity index (χ2v) is 28.2. The van der Waals surface area contributed by atoms with Gasteiger partial charge in [0.25, 0.3) is 5.91 Å². The average Bonchev–Trinajstić information content (AvgIpc) is 0.670. The number of fused-ring (bicyclic) bond motifs is 5. The minimum Gasteiger partial charge on any atom is -0.455 e. The van der Waals surface area contributed by atoms with E-state index in [1.165, 1.54) is 41.7 Å². The van der Waals surface area contributed by atoms with Gasteiger partial charge in [0.1, 0.15) is 24.0 Å². The molecule has 1 amide bonds. The Morgan fingerprint density at radius 1 is 0.646 bits per heavy atom. The molecule has 16 nitrogen and oxygen atoms in total. The van der Waals surface area contributed by atoms with Crippen LogP contribution < -0.4 is 5.32 Å². The predicted molar refractivity (Wildman–Crippen MR) is 369 cm³/mol. The highest BCUT2D eigenvalue weighted by Crippen LogP contribution is 2.66. The summed E-state index contributed by atoms with van der Waals surface area (Å²) in [5.74, 6) is -8.69. The number of ether oxygens (including phenoxy) is 5. The Labute approximate surface area is 568 Å². The molecule has 3 fully saturated rings. The van der Waals surface area contributed by atoms with Crippen molar-refractivity contribution in [2.45, 2.75) is 240 Å². The lowest BCUT2D eigenvalue weighted by Crippen LogP contribution is -2.80. The molecule has 7 rings (SSSR count). The van der Waals surface area contributed by atoms with E-state index in [9.17, 15) is 39.0 Å². The van der Waals surface area contributed by atoms with Gasteiger partial charge >= 0.3 is 23.9 Å². The van der Waals surface area contributed by atoms with Crippen LogP contribution in [0.25, 0.3) is 0 Å². The van der Waals surface area contributed by atoms with Crippen molar-refractivity contribution in [3.05, 3.63) is 177 Å². The zero-order chi connectivity index (χ0) is 70.1. The number of benzene rings is 3. The topological polar surface area (TPSA) is 235 Å². The number of carbonyl (C=O) groups excluding carboxylic acids is 8. The first-order chi connectivity index (χ1) is 45.5. The van der Waals surface area contributed by atoms with Crippen LogP contribution in [-0.4, -0.2) is 106 Å². The molecule has 3 aromatic carbocycles. The van der Waals surface area contributed by atoms with Gasteiger partial charge in [0.2, 0.25) is 6.10 Å². The number of hydrogen-bond acceptors (Lipinski definition) is 15. The third-order valence-corrected chi connectivity index (χ3v) is 20.4. The van der Waals surface area contributed by atoms with Crippen LogP contribution in [0.5, 0.6) is 0 Å². The van der Waals surface area contributed by atoms with E-state index in [0.717, 1.165) is 71.1 Å². The van der Waals surface area contributed by atoms with E-state index in [1.54, 1.807) is 112 Å². The summed E-state index contributed by atoms with van der Waals surface area (Å²) in [4.78, 5) is 115. The Morgan fingerprint density at radius 2 is 1.18 bits per heavy atom. The third-order valence-electron chi connectivity index (χ3n) is 20.4. The Kier molecular flexibility index (Phi) is 26.8. The van der Waals surface area contributed by atoms with E-state index in [-0.39, 0.29) is 53.9 Å². The van der Waals surface area contributed by atoms with Gasteiger partial charge in [0, 0.05) is 74.3 Å². The fraction of sp³-hybridized carbons (Fsp3) is 0.525. The quantitative estimate of drug-likeness (QED) is 0.0173. The minimum atomic E-state index is -2.27. The van der Waals surface area contributed by atoms with Crippen molar-refractivity contribution in [3.63, 3.8) is 0 Å². The number of unbranched alkanes of at least 4 members (excludes halogenated alkanes) is 2. The highest BCUT2D eigenvalue weighted by molar-refractivity contribution is 5.98. The van der Waals surface area contributed by atoms with Crippen LogP contribution in [0.15, 0.2) is 160 Å². The molecule has 0 radical (unpaired) electrons. The van der Waals surface area contributed by atoms with Gasteiger partial charge in [-0.3, -0.25) is 33.6 Å². The van der Waals surface area contributed by atoms with Gasteiger partial charge < -0.3 is 39.2 Å². The van der Waals surface area contributed by atoms with E-state index in [0.29, 0.717) is 12.0 Å². The Hall–Kier alpha value is -7.66. The number of hydrogen-bond donors (Lipinski definition) is 3. The summed E-state index contributed by atoms with van der Waals surface area (Å²) in [6, 6.07) is 23.4. The number of aliphatic hydroxyl groups is 2. The van der Waals surface area contributed by atoms with Gasteiger partial charge in [-0.15, -0.1) is 0 Å². The van der Waals surface area contributed by atoms with Crippen LogP contribution in [-0.2, 0) is 52.5 Å². The van der Waals surface area contributed by atoms with Gasteiger partial charge in [-0.1, -0.05) is 151 Å². The average molecular weight is 1320 g/mol. The van der Waals surface area contributed by atoms with Crippen molar-refractivity contribution in [2.24, 2.45) is 22.7 Å². The van der Waals surface area contributed by atoms with Gasteiger partial charge in [-0.05, 0) is 155 Å². The first-order valence-electron chi connectivity index (χ1n) is 34.3. The summed E-state index contributed by atoms with van der Waals surface area (Å²) in [5, 5.41) is 29.5. The molecule has 3 N–H and O–H groups in total. The maximum absolute atomic E-state index is 16.0. The summed E-state index contributed by atoms with van der Waals surface area (Å²) in [5.41, 5.74) is 0.251. The predicted octanol–water partition coefficient (Wildman–Crippen LogP) is 14.7. The maximum atomic E-state index is 16.0. The highest BCUT2D eigenvalue weighted by Gasteiger charge is 2.77. The number of esters is 4. The minimum absolute atomic E-state index is 0.0286. The molecule has 4 aliphatic rings. The molecule has 96 heavy (non-hydrogen) atoms. The Balaban J connectivity index is 1.10. The summed E-state index contributed by atoms with van der Waals surface area (Å²) >= 11 is 0. The van der Waals surface area contributed by atoms with Gasteiger partial charge in [0.15, 0.2) is 23.3 Å². The van der Waals surface area contributed by atoms with Crippen LogP contribution in [0.3, 0.4) is 0 Å². The van der Waals surface area contributed by atoms with Crippen LogP contribution in [0.4, 0.5) is 0 Å². The molecule has 1 saturated heterocycles. The molecular weight excluding hydrogens is 1210 g/mol. The summed E-state index contributed by atoms with van der Waals surface area (Å²) < 4.78 is 31.0. The van der Waals surface area contributed by atoms with Crippen molar-refractivity contribution in [1.82, 2.24) is 5.32 Å². The molecular formula is C80H103NO15. The molecule has 3 aliphatic carbocycles. The number of aliphatic hydroxyl groups excluding tert-OH is 1. The van der Waals surface area contributed by atoms with E-state index in [1.807, 2.05) is 0 Å². The summed E-state index contributed by atoms with van der Waals surface area (Å²) in [7, 11) is 0. The van der Waals surface area contributed by atoms with E-state index < -0.39 is 131 Å². The molecule has 1 aliphatic heterocycles. The lowest BCUT2D eigenvalue weighted by Gasteiger charge is -2.68. The Bertz CT molecular complexity index is 3460. The molecule has 2 bridgehead atoms. The van der Waals surface area contributed by atoms with Gasteiger partial charge in [-0.2, -0.15) is 0 Å². The van der Waals surface area contributed by atoms with E-state index in [2.05, 4.69) is 77.2 Å². The second kappa shape index (κ2) is 34.0. The largest absolute Gasteiger partial charge is 0.455 e. The van der Waals surface area contributed by atoms with Gasteiger partial charge in [0.05, 0.1) is 30.1 Å². The number of rotatable bonds is 32. The van der Waals surface area contributed by atoms with Crippen LogP contribution in [0.2, 0.25) is 0 Å². The van der Waals surface area contributed by atoms with Crippen molar-refractivity contribution in [3.8, 4) is 0 Å². The summed E-state index contributed by atoms with van der Waals surface area (Å²) in [6.45, 7) is 21.3. The SMILES string of the molecule is CC(=O)O[C@H]1C(=O)[C@@]2(C)[C@H](C(CC(=O)c3ccccc3)[C@]3(O)CC(OC(=O)C(OC(=O)CCC(=O)CCCC/C(C)=C/CC/C(C)=C/CC/C=C(\C)CC/C=C(\C)CCC=C(C)C)[C@@H](NC(=O)c4ccccc4)c4ccccc4)C(C)=C1C3(C)C)[C@]1(OC(C)=O)CO[C@@H]1C[C@@H]2O. The molecule has 3 unspecified atom stereocenters. The number of Topliss-reactive ketones (excluding diaryl/α,β-unsaturated/α-hetero) is 3. The van der Waals surface area contributed by atoms with Gasteiger partial charge in [-0.25, -0.2) is 4.79 Å². The molecule has 518 valence electrons. The standard InChI is InChI=1S/C80H103NO15/c1-51(2)29-26-33-55(6)37-28-36-53(4)31-23-22-30-52(3)34-27-35-54(5)32-24-25-44-62(84)45-46-68(87)95-72(70(60-40-18-14-19-41-60)81-75(89)61-42-20-15-21-43-61)76(90)94-65-49-80(91)63(47-64(85)59-38-16-13-17-39-59)73-78(12,66(86)48-67-79(73,50-92-67)96-58(9)83)74(88)71(93-57(8)82)69(56(65)7)77(80,10)11/h13-21,29-31,35,37-43,63,65-67,70-73,86,91H,22-28,32-34,36,44-50H2,1-12H3,(H,81,89)/b52-30+,53-31+,54-35+,55-37+/t63?,65?,66-,67+,70-,71+,72?,73-,78+,79-,80+/m0/s1. The van der Waals surface area contributed by atoms with Crippen LogP contribution in [0.1, 0.15) is 225 Å². The molecule has 16 heteroatoms. The number of ketones is 3. The third kappa shape index (κ3) is 18.5. The second-order valence-electron chi connectivity index (χ2n) is 28.2. The van der Waals surface area contributed by atoms with Crippen LogP contribution >= 0.6 is 0 Å². The molecule has 11 atom stereocenters. The number of nitrogens with one attached hydrogen (secondary N) is 1. The van der Waals surface area contributed by atoms with E-state index in [4.69, 9.17) is 23.7 Å². The fourth-order valence-electron chi connectivity index (χ4n) is 15.0. The molecule has 2 saturated carbocycles. The van der Waals surface area contributed by atoms with Crippen molar-refractivity contribution >= 4 is 47.1 Å². The lowest BCUT2D eigenvalue weighted by molar-refractivity contribution is -0.339. The zero-order valence-corrected chi connectivity index (χ0v) is 58.6. The monoisotopic (exact) mass is 1320 g/mol. The highest BCUT2D eigenvalue weighted by atomic mass is 16.6. The first kappa shape index (κ1) is 75.7. The zero-order valence-electron chi connectivity index (χ0n) is 58.6. The number of allylic oxidation sites excluding steroid dienone is 10. The smallest absolute Gasteiger partial charge is 0.350 e. The number of carbonyl (C=O) groups is 8. The normalized spacial score (nSPS) is 25.5. The van der Waals surface area contributed by atoms with Crippen molar-refractivity contribution < 1.29 is 72.3 Å². The lowest BCUT2D eigenvalue weighted by atomic mass is 9.42. The number of amides is 1. The summed E-state index contributed by atoms with van der Waals surface area (Å²) in [6.07, 6.45) is 12.6. The fourth-order valence-corrected chi connectivity index (χ4v) is 15.0. The molecule has 1 heterocycles. The molecule has 0 spiro atoms. The van der Waals surface area contributed by atoms with Crippen molar-refractivity contribution in [2.75, 3.05) is 6.61 Å². The van der Waals surface area contributed by atoms with E-state index >= 15 is 9.59 Å². The Morgan fingerprint density at radius 3 is 1.72 bits per heavy atom. The molecule has 0 aromatic heterocycles. The maximum Gasteiger partial charge on any atom is 0.350 e.